The van der Waals surface area contributed by atoms with Crippen LogP contribution in [0.25, 0.3) is 0 Å². The molecule has 0 aliphatic heterocycles. The third-order valence-electron chi connectivity index (χ3n) is 4.35. The molecule has 0 amide bonds. The van der Waals surface area contributed by atoms with Crippen LogP contribution in [0.15, 0.2) is 48.8 Å². The molecule has 11 heteroatoms. The zero-order valence-corrected chi connectivity index (χ0v) is 16.6. The lowest BCUT2D eigenvalue weighted by Gasteiger charge is -2.06. The molecule has 0 unspecified atom stereocenters. The summed E-state index contributed by atoms with van der Waals surface area (Å²) in [6.07, 6.45) is 3.31. The van der Waals surface area contributed by atoms with Gasteiger partial charge in [-0.1, -0.05) is 41.7 Å². The molecular formula is C18H18N8O2S. The number of hydrogen-bond acceptors (Lipinski definition) is 8. The first-order valence-corrected chi connectivity index (χ1v) is 9.69. The highest BCUT2D eigenvalue weighted by molar-refractivity contribution is 7.15. The molecule has 10 nitrogen and oxygen atoms in total. The molecule has 1 atom stereocenters. The van der Waals surface area contributed by atoms with Gasteiger partial charge in [-0.25, -0.2) is 0 Å². The Morgan fingerprint density at radius 1 is 1.21 bits per heavy atom. The molecule has 4 rings (SSSR count). The van der Waals surface area contributed by atoms with Gasteiger partial charge in [-0.05, 0) is 19.4 Å². The van der Waals surface area contributed by atoms with Crippen molar-refractivity contribution in [2.75, 3.05) is 5.32 Å². The minimum atomic E-state index is -0.440. The summed E-state index contributed by atoms with van der Waals surface area (Å²) in [5.74, 6) is 0.668. The van der Waals surface area contributed by atoms with Crippen LogP contribution >= 0.6 is 11.3 Å². The fraction of sp³-hybridized carbons (Fsp3) is 0.222. The van der Waals surface area contributed by atoms with Crippen molar-refractivity contribution in [2.45, 2.75) is 26.4 Å². The summed E-state index contributed by atoms with van der Waals surface area (Å²) >= 11 is 1.35. The summed E-state index contributed by atoms with van der Waals surface area (Å²) in [5, 5.41) is 32.5. The maximum Gasteiger partial charge on any atom is 0.309 e. The highest BCUT2D eigenvalue weighted by Gasteiger charge is 2.21. The molecule has 3 aromatic heterocycles. The molecule has 0 saturated carbocycles. The minimum absolute atomic E-state index is 0.0105. The van der Waals surface area contributed by atoms with Crippen LogP contribution in [0.3, 0.4) is 0 Å². The number of nitrogens with zero attached hydrogens (tertiary/aromatic N) is 7. The van der Waals surface area contributed by atoms with Gasteiger partial charge >= 0.3 is 5.69 Å². The Morgan fingerprint density at radius 2 is 2.00 bits per heavy atom. The van der Waals surface area contributed by atoms with E-state index in [2.05, 4.69) is 37.8 Å². The third kappa shape index (κ3) is 4.14. The molecule has 0 saturated heterocycles. The Hall–Kier alpha value is -3.60. The SMILES string of the molecule is Cc1nn([C@H](C)c2nnc(Nc3ccn(Cc4ccccc4)n3)s2)cc1[N+](=O)[O-]. The Balaban J connectivity index is 1.44. The van der Waals surface area contributed by atoms with Crippen molar-refractivity contribution in [3.05, 3.63) is 75.2 Å². The van der Waals surface area contributed by atoms with Gasteiger partial charge in [0.25, 0.3) is 0 Å². The van der Waals surface area contributed by atoms with Crippen LogP contribution in [0.5, 0.6) is 0 Å². The van der Waals surface area contributed by atoms with Crippen LogP contribution < -0.4 is 5.32 Å². The Labute approximate surface area is 170 Å². The number of nitro groups is 1. The van der Waals surface area contributed by atoms with Crippen molar-refractivity contribution in [1.82, 2.24) is 29.8 Å². The van der Waals surface area contributed by atoms with Gasteiger partial charge in [0.05, 0.1) is 11.5 Å². The highest BCUT2D eigenvalue weighted by atomic mass is 32.1. The minimum Gasteiger partial charge on any atom is -0.313 e. The number of nitrogens with one attached hydrogen (secondary N) is 1. The molecule has 29 heavy (non-hydrogen) atoms. The molecule has 3 heterocycles. The Morgan fingerprint density at radius 3 is 2.72 bits per heavy atom. The number of rotatable bonds is 7. The van der Waals surface area contributed by atoms with E-state index in [9.17, 15) is 10.1 Å². The van der Waals surface area contributed by atoms with E-state index in [0.29, 0.717) is 28.2 Å². The van der Waals surface area contributed by atoms with Gasteiger partial charge in [-0.3, -0.25) is 19.5 Å². The summed E-state index contributed by atoms with van der Waals surface area (Å²) in [6, 6.07) is 11.7. The summed E-state index contributed by atoms with van der Waals surface area (Å²) in [6.45, 7) is 4.16. The van der Waals surface area contributed by atoms with Crippen LogP contribution in [0.1, 0.15) is 29.2 Å². The number of anilines is 2. The largest absolute Gasteiger partial charge is 0.313 e. The first kappa shape index (κ1) is 18.7. The summed E-state index contributed by atoms with van der Waals surface area (Å²) in [7, 11) is 0. The highest BCUT2D eigenvalue weighted by Crippen LogP contribution is 2.28. The molecule has 4 aromatic rings. The zero-order valence-electron chi connectivity index (χ0n) is 15.8. The number of aromatic nitrogens is 6. The maximum absolute atomic E-state index is 11.0. The average Bonchev–Trinajstić information content (AvgIpc) is 3.43. The topological polar surface area (TPSA) is 117 Å². The third-order valence-corrected chi connectivity index (χ3v) is 5.35. The normalized spacial score (nSPS) is 12.1. The van der Waals surface area contributed by atoms with Gasteiger partial charge in [0.15, 0.2) is 5.82 Å². The molecule has 0 radical (unpaired) electrons. The lowest BCUT2D eigenvalue weighted by atomic mass is 10.2. The molecular weight excluding hydrogens is 392 g/mol. The maximum atomic E-state index is 11.0. The monoisotopic (exact) mass is 410 g/mol. The quantitative estimate of drug-likeness (QED) is 0.366. The predicted octanol–water partition coefficient (Wildman–Crippen LogP) is 3.55. The second kappa shape index (κ2) is 7.80. The van der Waals surface area contributed by atoms with Gasteiger partial charge < -0.3 is 5.32 Å². The number of aryl methyl sites for hydroxylation is 1. The molecule has 1 aromatic carbocycles. The summed E-state index contributed by atoms with van der Waals surface area (Å²) in [5.41, 5.74) is 1.52. The van der Waals surface area contributed by atoms with Crippen LogP contribution in [-0.4, -0.2) is 34.7 Å². The van der Waals surface area contributed by atoms with Crippen molar-refractivity contribution < 1.29 is 4.92 Å². The second-order valence-corrected chi connectivity index (χ2v) is 7.48. The first-order chi connectivity index (χ1) is 14.0. The van der Waals surface area contributed by atoms with Crippen molar-refractivity contribution in [3.63, 3.8) is 0 Å². The van der Waals surface area contributed by atoms with Gasteiger partial charge in [-0.2, -0.15) is 10.2 Å². The van der Waals surface area contributed by atoms with Gasteiger partial charge in [0, 0.05) is 12.3 Å². The van der Waals surface area contributed by atoms with E-state index in [0.717, 1.165) is 5.56 Å². The Bertz CT molecular complexity index is 1130. The molecule has 0 aliphatic carbocycles. The van der Waals surface area contributed by atoms with Crippen LogP contribution in [0.2, 0.25) is 0 Å². The van der Waals surface area contributed by atoms with Crippen molar-refractivity contribution in [3.8, 4) is 0 Å². The van der Waals surface area contributed by atoms with Gasteiger partial charge in [0.1, 0.15) is 22.9 Å². The van der Waals surface area contributed by atoms with Gasteiger partial charge in [-0.15, -0.1) is 10.2 Å². The molecule has 0 spiro atoms. The van der Waals surface area contributed by atoms with Gasteiger partial charge in [0.2, 0.25) is 5.13 Å². The molecule has 148 valence electrons. The van der Waals surface area contributed by atoms with Crippen LogP contribution in [-0.2, 0) is 6.54 Å². The van der Waals surface area contributed by atoms with Crippen molar-refractivity contribution >= 4 is 28.0 Å². The molecule has 0 bridgehead atoms. The zero-order chi connectivity index (χ0) is 20.4. The molecule has 1 N–H and O–H groups in total. The number of hydrogen-bond donors (Lipinski definition) is 1. The fourth-order valence-electron chi connectivity index (χ4n) is 2.81. The van der Waals surface area contributed by atoms with Crippen LogP contribution in [0.4, 0.5) is 16.6 Å². The first-order valence-electron chi connectivity index (χ1n) is 8.87. The van der Waals surface area contributed by atoms with E-state index in [4.69, 9.17) is 0 Å². The van der Waals surface area contributed by atoms with E-state index in [1.807, 2.05) is 42.1 Å². The van der Waals surface area contributed by atoms with E-state index >= 15 is 0 Å². The van der Waals surface area contributed by atoms with Crippen LogP contribution in [0, 0.1) is 17.0 Å². The average molecular weight is 410 g/mol. The van der Waals surface area contributed by atoms with E-state index in [1.54, 1.807) is 6.92 Å². The van der Waals surface area contributed by atoms with E-state index in [-0.39, 0.29) is 11.7 Å². The fourth-order valence-corrected chi connectivity index (χ4v) is 3.61. The van der Waals surface area contributed by atoms with Crippen molar-refractivity contribution in [1.29, 1.82) is 0 Å². The smallest absolute Gasteiger partial charge is 0.309 e. The lowest BCUT2D eigenvalue weighted by molar-refractivity contribution is -0.385. The van der Waals surface area contributed by atoms with E-state index in [1.165, 1.54) is 22.2 Å². The molecule has 0 fully saturated rings. The lowest BCUT2D eigenvalue weighted by Crippen LogP contribution is -2.07. The second-order valence-electron chi connectivity index (χ2n) is 6.47. The Kier molecular flexibility index (Phi) is 5.04. The van der Waals surface area contributed by atoms with Crippen molar-refractivity contribution in [2.24, 2.45) is 0 Å². The standard InChI is InChI=1S/C18H18N8O2S/c1-12-15(26(27)28)11-25(22-12)13(2)17-20-21-18(29-17)19-16-8-9-24(23-16)10-14-6-4-3-5-7-14/h3-9,11,13H,10H2,1-2H3,(H,19,21,23)/t13-/m1/s1. The predicted molar refractivity (Wildman–Crippen MR) is 108 cm³/mol. The summed E-state index contributed by atoms with van der Waals surface area (Å²) in [4.78, 5) is 10.6. The number of benzene rings is 1. The molecule has 0 aliphatic rings. The summed E-state index contributed by atoms with van der Waals surface area (Å²) < 4.78 is 3.38. The van der Waals surface area contributed by atoms with E-state index < -0.39 is 4.92 Å².